The van der Waals surface area contributed by atoms with E-state index < -0.39 is 0 Å². The topological polar surface area (TPSA) is 0 Å². The van der Waals surface area contributed by atoms with E-state index in [0.717, 1.165) is 0 Å². The third-order valence-electron chi connectivity index (χ3n) is 1.42. The van der Waals surface area contributed by atoms with Crippen molar-refractivity contribution in [3.8, 4) is 0 Å². The van der Waals surface area contributed by atoms with Crippen molar-refractivity contribution in [1.82, 2.24) is 0 Å². The Balaban J connectivity index is 2.15. The van der Waals surface area contributed by atoms with Crippen LogP contribution in [0.3, 0.4) is 0 Å². The molecule has 0 nitrogen and oxygen atoms in total. The van der Waals surface area contributed by atoms with Crippen LogP contribution in [0.4, 0.5) is 0 Å². The van der Waals surface area contributed by atoms with E-state index in [4.69, 9.17) is 0 Å². The summed E-state index contributed by atoms with van der Waals surface area (Å²) < 4.78 is 3.04. The summed E-state index contributed by atoms with van der Waals surface area (Å²) in [7, 11) is 0. The molecule has 0 saturated carbocycles. The normalized spacial score (nSPS) is 10.0. The molecule has 1 aromatic heterocycles. The second kappa shape index (κ2) is 4.05. The molecule has 2 rings (SSSR count). The quantitative estimate of drug-likeness (QED) is 0.676. The minimum Gasteiger partial charge on any atom is -0.0963 e. The van der Waals surface area contributed by atoms with E-state index in [1.165, 1.54) is 3.57 Å². The number of benzene rings is 1. The fourth-order valence-corrected chi connectivity index (χ4v) is 4.58. The highest BCUT2D eigenvalue weighted by Gasteiger charge is 2.14. The van der Waals surface area contributed by atoms with Gasteiger partial charge in [-0.1, -0.05) is 29.5 Å². The van der Waals surface area contributed by atoms with Crippen LogP contribution in [-0.2, 0) is 0 Å². The van der Waals surface area contributed by atoms with Gasteiger partial charge >= 0.3 is 21.2 Å². The van der Waals surface area contributed by atoms with Gasteiger partial charge in [-0.3, -0.25) is 0 Å². The molecule has 2 heteroatoms. The first kappa shape index (κ1) is 8.26. The summed E-state index contributed by atoms with van der Waals surface area (Å²) in [6.07, 6.45) is 0. The Bertz CT molecular complexity index is 326. The van der Waals surface area contributed by atoms with Crippen LogP contribution < -0.4 is 21.2 Å². The lowest BCUT2D eigenvalue weighted by Gasteiger charge is -1.79. The smallest absolute Gasteiger partial charge is 0.0963 e. The van der Waals surface area contributed by atoms with Gasteiger partial charge in [-0.05, 0) is 23.6 Å². The fourth-order valence-electron chi connectivity index (χ4n) is 0.897. The van der Waals surface area contributed by atoms with Gasteiger partial charge in [-0.2, -0.15) is 0 Å². The van der Waals surface area contributed by atoms with Crippen LogP contribution in [-0.4, -0.2) is 0 Å². The highest BCUT2D eigenvalue weighted by molar-refractivity contribution is 7.07. The summed E-state index contributed by atoms with van der Waals surface area (Å²) in [4.78, 5) is 0. The molecule has 1 aromatic carbocycles. The van der Waals surface area contributed by atoms with Crippen molar-refractivity contribution in [3.63, 3.8) is 0 Å². The Kier molecular flexibility index (Phi) is 2.79. The number of hydrogen-bond acceptors (Lipinski definition) is 1. The zero-order valence-corrected chi connectivity index (χ0v) is 9.38. The molecule has 60 valence electrons. The number of thiophene rings is 1. The van der Waals surface area contributed by atoms with E-state index in [-0.39, 0.29) is 21.2 Å². The van der Waals surface area contributed by atoms with Crippen molar-refractivity contribution >= 4 is 11.3 Å². The summed E-state index contributed by atoms with van der Waals surface area (Å²) in [5, 5.41) is 2.15. The zero-order chi connectivity index (χ0) is 8.23. The summed E-state index contributed by atoms with van der Waals surface area (Å²) in [6, 6.07) is 15.1. The minimum atomic E-state index is 0.0848. The monoisotopic (exact) mass is 287 g/mol. The molecule has 0 spiro atoms. The maximum Gasteiger partial charge on any atom is 0.369 e. The molecule has 0 saturated heterocycles. The van der Waals surface area contributed by atoms with Crippen LogP contribution in [0.1, 0.15) is 0 Å². The van der Waals surface area contributed by atoms with Crippen molar-refractivity contribution in [2.24, 2.45) is 0 Å². The highest BCUT2D eigenvalue weighted by atomic mass is 127. The lowest BCUT2D eigenvalue weighted by molar-refractivity contribution is -0.591. The highest BCUT2D eigenvalue weighted by Crippen LogP contribution is 1.94. The molecule has 0 bridgehead atoms. The SMILES string of the molecule is c1ccc([I+]c2cccs2)cc1. The van der Waals surface area contributed by atoms with Crippen molar-refractivity contribution < 1.29 is 21.2 Å². The van der Waals surface area contributed by atoms with E-state index in [0.29, 0.717) is 0 Å². The van der Waals surface area contributed by atoms with Crippen molar-refractivity contribution in [2.75, 3.05) is 0 Å². The first-order valence-corrected chi connectivity index (χ1v) is 6.72. The maximum absolute atomic E-state index is 2.23. The van der Waals surface area contributed by atoms with E-state index in [1.54, 1.807) is 2.88 Å². The number of rotatable bonds is 2. The largest absolute Gasteiger partial charge is 0.369 e. The third-order valence-corrected chi connectivity index (χ3v) is 5.59. The molecule has 0 aliphatic carbocycles. The van der Waals surface area contributed by atoms with Crippen LogP contribution >= 0.6 is 11.3 Å². The summed E-state index contributed by atoms with van der Waals surface area (Å²) in [5.74, 6) is 0. The van der Waals surface area contributed by atoms with Gasteiger partial charge in [0.2, 0.25) is 2.88 Å². The molecule has 0 fully saturated rings. The Morgan fingerprint density at radius 3 is 2.42 bits per heavy atom. The van der Waals surface area contributed by atoms with E-state index in [1.807, 2.05) is 11.3 Å². The molecular formula is C10H8IS+. The molecule has 0 aliphatic heterocycles. The Morgan fingerprint density at radius 1 is 0.917 bits per heavy atom. The van der Waals surface area contributed by atoms with Crippen LogP contribution in [0.2, 0.25) is 0 Å². The van der Waals surface area contributed by atoms with Crippen LogP contribution in [0.15, 0.2) is 47.8 Å². The van der Waals surface area contributed by atoms with Crippen LogP contribution in [0.5, 0.6) is 0 Å². The van der Waals surface area contributed by atoms with Crippen LogP contribution in [0, 0.1) is 6.45 Å². The lowest BCUT2D eigenvalue weighted by Crippen LogP contribution is -3.61. The molecule has 0 aliphatic rings. The third kappa shape index (κ3) is 2.08. The Labute approximate surface area is 86.5 Å². The predicted octanol–water partition coefficient (Wildman–Crippen LogP) is -0.123. The van der Waals surface area contributed by atoms with Crippen molar-refractivity contribution in [2.45, 2.75) is 0 Å². The average Bonchev–Trinajstić information content (AvgIpc) is 2.59. The van der Waals surface area contributed by atoms with Gasteiger partial charge in [0.1, 0.15) is 0 Å². The van der Waals surface area contributed by atoms with Crippen LogP contribution in [0.25, 0.3) is 0 Å². The van der Waals surface area contributed by atoms with Gasteiger partial charge in [0.25, 0.3) is 0 Å². The van der Waals surface area contributed by atoms with Gasteiger partial charge in [0.15, 0.2) is 3.57 Å². The predicted molar refractivity (Wildman–Crippen MR) is 48.2 cm³/mol. The van der Waals surface area contributed by atoms with Gasteiger partial charge in [-0.25, -0.2) is 0 Å². The molecule has 0 unspecified atom stereocenters. The van der Waals surface area contributed by atoms with Gasteiger partial charge in [0, 0.05) is 6.07 Å². The summed E-state index contributed by atoms with van der Waals surface area (Å²) in [5.41, 5.74) is 0. The molecular weight excluding hydrogens is 279 g/mol. The molecule has 0 N–H and O–H groups in total. The Morgan fingerprint density at radius 2 is 1.75 bits per heavy atom. The van der Waals surface area contributed by atoms with Gasteiger partial charge in [-0.15, -0.1) is 0 Å². The van der Waals surface area contributed by atoms with E-state index in [9.17, 15) is 0 Å². The van der Waals surface area contributed by atoms with Crippen molar-refractivity contribution in [1.29, 1.82) is 0 Å². The fraction of sp³-hybridized carbons (Fsp3) is 0. The standard InChI is InChI=1S/C10H8IS/c1-2-5-9(6-3-1)11-10-7-4-8-12-10/h1-8H/q+1. The second-order valence-corrected chi connectivity index (χ2v) is 6.93. The molecule has 1 heterocycles. The Hall–Kier alpha value is -0.350. The van der Waals surface area contributed by atoms with E-state index in [2.05, 4.69) is 47.8 Å². The molecule has 2 aromatic rings. The molecule has 0 radical (unpaired) electrons. The minimum absolute atomic E-state index is 0.0848. The van der Waals surface area contributed by atoms with Crippen molar-refractivity contribution in [3.05, 3.63) is 54.3 Å². The van der Waals surface area contributed by atoms with E-state index >= 15 is 0 Å². The van der Waals surface area contributed by atoms with Gasteiger partial charge in [0.05, 0.1) is 0 Å². The second-order valence-electron chi connectivity index (χ2n) is 2.31. The zero-order valence-electron chi connectivity index (χ0n) is 6.41. The number of halogens is 1. The first-order chi connectivity index (χ1) is 5.95. The summed E-state index contributed by atoms with van der Waals surface area (Å²) >= 11 is 1.95. The average molecular weight is 287 g/mol. The maximum atomic E-state index is 2.23. The molecule has 0 atom stereocenters. The molecule has 12 heavy (non-hydrogen) atoms. The van der Waals surface area contributed by atoms with Gasteiger partial charge < -0.3 is 0 Å². The lowest BCUT2D eigenvalue weighted by atomic mass is 10.4. The number of hydrogen-bond donors (Lipinski definition) is 0. The summed E-state index contributed by atoms with van der Waals surface area (Å²) in [6.45, 7) is 0. The first-order valence-electron chi connectivity index (χ1n) is 3.68. The molecule has 0 amide bonds.